The van der Waals surface area contributed by atoms with Gasteiger partial charge in [0.15, 0.2) is 0 Å². The maximum atomic E-state index is 11.2. The Morgan fingerprint density at radius 2 is 2.23 bits per heavy atom. The number of hydrogen-bond acceptors (Lipinski definition) is 4. The first-order valence-corrected chi connectivity index (χ1v) is 3.95. The second kappa shape index (κ2) is 5.85. The molecule has 0 aliphatic rings. The summed E-state index contributed by atoms with van der Waals surface area (Å²) in [7, 11) is 1.20. The van der Waals surface area contributed by atoms with Crippen LogP contribution in [0, 0.1) is 5.92 Å². The lowest BCUT2D eigenvalue weighted by molar-refractivity contribution is -0.504. The minimum atomic E-state index is -0.766. The van der Waals surface area contributed by atoms with E-state index in [-0.39, 0.29) is 0 Å². The van der Waals surface area contributed by atoms with Crippen LogP contribution in [0.3, 0.4) is 0 Å². The molecule has 0 spiro atoms. The zero-order chi connectivity index (χ0) is 10.4. The quantitative estimate of drug-likeness (QED) is 0.515. The summed E-state index contributed by atoms with van der Waals surface area (Å²) < 4.78 is 11.2. The van der Waals surface area contributed by atoms with Crippen molar-refractivity contribution in [2.24, 2.45) is 5.92 Å². The van der Waals surface area contributed by atoms with E-state index in [2.05, 4.69) is 10.1 Å². The number of rotatable bonds is 5. The SMILES string of the molecule is CCC(O)C(C)C(=O)N(C)OOF. The van der Waals surface area contributed by atoms with Crippen molar-refractivity contribution < 1.29 is 24.5 Å². The van der Waals surface area contributed by atoms with Gasteiger partial charge in [-0.1, -0.05) is 18.8 Å². The average molecular weight is 195 g/mol. The Morgan fingerprint density at radius 3 is 2.62 bits per heavy atom. The van der Waals surface area contributed by atoms with Crippen LogP contribution < -0.4 is 0 Å². The van der Waals surface area contributed by atoms with Crippen molar-refractivity contribution in [1.82, 2.24) is 5.06 Å². The minimum absolute atomic E-state index is 0.442. The van der Waals surface area contributed by atoms with Crippen LogP contribution in [-0.2, 0) is 14.9 Å². The van der Waals surface area contributed by atoms with Gasteiger partial charge in [0.1, 0.15) is 0 Å². The third-order valence-electron chi connectivity index (χ3n) is 1.84. The molecule has 0 saturated carbocycles. The number of aliphatic hydroxyl groups excluding tert-OH is 1. The van der Waals surface area contributed by atoms with Gasteiger partial charge in [-0.15, -0.1) is 0 Å². The molecule has 0 bridgehead atoms. The minimum Gasteiger partial charge on any atom is -0.392 e. The van der Waals surface area contributed by atoms with Gasteiger partial charge in [0.2, 0.25) is 0 Å². The van der Waals surface area contributed by atoms with Crippen LogP contribution >= 0.6 is 0 Å². The van der Waals surface area contributed by atoms with E-state index in [4.69, 9.17) is 0 Å². The summed E-state index contributed by atoms with van der Waals surface area (Å²) in [6.07, 6.45) is -0.324. The number of carbonyl (C=O) groups is 1. The van der Waals surface area contributed by atoms with Gasteiger partial charge in [-0.05, 0) is 10.9 Å². The molecule has 0 aliphatic heterocycles. The van der Waals surface area contributed by atoms with E-state index < -0.39 is 17.9 Å². The molecule has 1 amide bonds. The highest BCUT2D eigenvalue weighted by Crippen LogP contribution is 2.10. The number of aliphatic hydroxyl groups is 1. The molecule has 0 saturated heterocycles. The number of carbonyl (C=O) groups excluding carboxylic acids is 1. The van der Waals surface area contributed by atoms with E-state index in [0.717, 1.165) is 0 Å². The summed E-state index contributed by atoms with van der Waals surface area (Å²) in [6, 6.07) is 0. The first-order chi connectivity index (χ1) is 6.04. The van der Waals surface area contributed by atoms with E-state index in [0.29, 0.717) is 11.5 Å². The number of hydroxylamine groups is 2. The predicted octanol–water partition coefficient (Wildman–Crippen LogP) is 0.600. The summed E-state index contributed by atoms with van der Waals surface area (Å²) in [5, 5.41) is 12.7. The molecule has 0 aromatic carbocycles. The number of halogens is 1. The van der Waals surface area contributed by atoms with Crippen LogP contribution in [0.2, 0.25) is 0 Å². The van der Waals surface area contributed by atoms with Crippen molar-refractivity contribution in [1.29, 1.82) is 0 Å². The Bertz CT molecular complexity index is 167. The maximum absolute atomic E-state index is 11.2. The molecule has 5 nitrogen and oxygen atoms in total. The van der Waals surface area contributed by atoms with Crippen molar-refractivity contribution >= 4 is 5.91 Å². The van der Waals surface area contributed by atoms with Crippen molar-refractivity contribution in [2.45, 2.75) is 26.4 Å². The molecule has 2 unspecified atom stereocenters. The van der Waals surface area contributed by atoms with Gasteiger partial charge in [-0.3, -0.25) is 4.79 Å². The Morgan fingerprint density at radius 1 is 1.69 bits per heavy atom. The van der Waals surface area contributed by atoms with Crippen molar-refractivity contribution in [3.8, 4) is 0 Å². The third kappa shape index (κ3) is 3.67. The van der Waals surface area contributed by atoms with Crippen LogP contribution in [0.1, 0.15) is 20.3 Å². The molecule has 0 fully saturated rings. The highest BCUT2D eigenvalue weighted by molar-refractivity contribution is 5.77. The van der Waals surface area contributed by atoms with Gasteiger partial charge in [0.05, 0.1) is 12.0 Å². The van der Waals surface area contributed by atoms with Crippen molar-refractivity contribution in [2.75, 3.05) is 7.05 Å². The molecular weight excluding hydrogens is 181 g/mol. The molecule has 2 atom stereocenters. The highest BCUT2D eigenvalue weighted by Gasteiger charge is 2.24. The van der Waals surface area contributed by atoms with Crippen molar-refractivity contribution in [3.05, 3.63) is 0 Å². The fourth-order valence-electron chi connectivity index (χ4n) is 0.884. The normalized spacial score (nSPS) is 15.2. The van der Waals surface area contributed by atoms with E-state index in [1.807, 2.05) is 0 Å². The zero-order valence-electron chi connectivity index (χ0n) is 7.86. The monoisotopic (exact) mass is 195 g/mol. The Labute approximate surface area is 75.8 Å². The van der Waals surface area contributed by atoms with Crippen LogP contribution in [0.25, 0.3) is 0 Å². The fourth-order valence-corrected chi connectivity index (χ4v) is 0.884. The van der Waals surface area contributed by atoms with Gasteiger partial charge < -0.3 is 5.11 Å². The first kappa shape index (κ1) is 12.3. The van der Waals surface area contributed by atoms with Crippen LogP contribution in [0.15, 0.2) is 0 Å². The van der Waals surface area contributed by atoms with Crippen LogP contribution in [-0.4, -0.2) is 29.2 Å². The molecule has 0 rings (SSSR count). The van der Waals surface area contributed by atoms with E-state index in [1.54, 1.807) is 6.92 Å². The molecular formula is C7H14FNO4. The first-order valence-electron chi connectivity index (χ1n) is 3.95. The lowest BCUT2D eigenvalue weighted by atomic mass is 10.0. The second-order valence-electron chi connectivity index (χ2n) is 2.74. The summed E-state index contributed by atoms with van der Waals surface area (Å²) in [4.78, 5) is 15.1. The Kier molecular flexibility index (Phi) is 5.52. The van der Waals surface area contributed by atoms with Gasteiger partial charge in [0.25, 0.3) is 5.91 Å². The van der Waals surface area contributed by atoms with E-state index in [1.165, 1.54) is 14.0 Å². The molecule has 13 heavy (non-hydrogen) atoms. The summed E-state index contributed by atoms with van der Waals surface area (Å²) >= 11 is 0. The molecule has 0 aliphatic carbocycles. The third-order valence-corrected chi connectivity index (χ3v) is 1.84. The predicted molar refractivity (Wildman–Crippen MR) is 41.5 cm³/mol. The summed E-state index contributed by atoms with van der Waals surface area (Å²) in [5.41, 5.74) is 0. The summed E-state index contributed by atoms with van der Waals surface area (Å²) in [6.45, 7) is 3.26. The van der Waals surface area contributed by atoms with Gasteiger partial charge >= 0.3 is 0 Å². The molecule has 78 valence electrons. The molecule has 0 aromatic rings. The number of nitrogens with zero attached hydrogens (tertiary/aromatic N) is 1. The Balaban J connectivity index is 4.08. The van der Waals surface area contributed by atoms with Gasteiger partial charge in [0, 0.05) is 12.1 Å². The van der Waals surface area contributed by atoms with Gasteiger partial charge in [-0.2, -0.15) is 5.06 Å². The molecule has 0 heterocycles. The van der Waals surface area contributed by atoms with E-state index >= 15 is 0 Å². The maximum Gasteiger partial charge on any atom is 0.253 e. The van der Waals surface area contributed by atoms with E-state index in [9.17, 15) is 14.4 Å². The Hall–Kier alpha value is -0.720. The second-order valence-corrected chi connectivity index (χ2v) is 2.74. The molecule has 0 radical (unpaired) electrons. The number of hydrogen-bond donors (Lipinski definition) is 1. The van der Waals surface area contributed by atoms with Gasteiger partial charge in [-0.25, -0.2) is 0 Å². The fraction of sp³-hybridized carbons (Fsp3) is 0.857. The lowest BCUT2D eigenvalue weighted by Crippen LogP contribution is -2.36. The zero-order valence-corrected chi connectivity index (χ0v) is 7.86. The topological polar surface area (TPSA) is 59.0 Å². The standard InChI is InChI=1S/C7H14FNO4/c1-4-6(10)5(2)7(11)9(3)13-12-8/h5-6,10H,4H2,1-3H3. The summed E-state index contributed by atoms with van der Waals surface area (Å²) in [5.74, 6) is -1.20. The lowest BCUT2D eigenvalue weighted by Gasteiger charge is -2.20. The molecule has 6 heteroatoms. The average Bonchev–Trinajstić information content (AvgIpc) is 2.14. The van der Waals surface area contributed by atoms with Crippen LogP contribution in [0.5, 0.6) is 0 Å². The molecule has 1 N–H and O–H groups in total. The van der Waals surface area contributed by atoms with Crippen molar-refractivity contribution in [3.63, 3.8) is 0 Å². The molecule has 0 aromatic heterocycles. The smallest absolute Gasteiger partial charge is 0.253 e. The largest absolute Gasteiger partial charge is 0.392 e. The highest BCUT2D eigenvalue weighted by atomic mass is 19.3. The number of amides is 1. The van der Waals surface area contributed by atoms with Crippen LogP contribution in [0.4, 0.5) is 4.53 Å².